The molecule has 0 aliphatic rings. The van der Waals surface area contributed by atoms with Crippen LogP contribution in [0.1, 0.15) is 11.3 Å². The van der Waals surface area contributed by atoms with E-state index in [0.29, 0.717) is 10.9 Å². The molecule has 2 nitrogen and oxygen atoms in total. The van der Waals surface area contributed by atoms with Gasteiger partial charge >= 0.3 is 0 Å². The highest BCUT2D eigenvalue weighted by Gasteiger charge is 2.12. The highest BCUT2D eigenvalue weighted by molar-refractivity contribution is 6.35. The highest BCUT2D eigenvalue weighted by atomic mass is 35.5. The summed E-state index contributed by atoms with van der Waals surface area (Å²) < 4.78 is 0. The van der Waals surface area contributed by atoms with Crippen molar-refractivity contribution >= 4 is 46.5 Å². The number of pyridine rings is 2. The molecule has 22 heavy (non-hydrogen) atoms. The Morgan fingerprint density at radius 3 is 2.68 bits per heavy atom. The summed E-state index contributed by atoms with van der Waals surface area (Å²) in [6.07, 6.45) is 2.55. The Hall–Kier alpha value is -1.35. The van der Waals surface area contributed by atoms with Gasteiger partial charge in [0.2, 0.25) is 0 Å². The van der Waals surface area contributed by atoms with Gasteiger partial charge in [0.15, 0.2) is 0 Å². The first-order chi connectivity index (χ1) is 10.2. The molecule has 0 fully saturated rings. The average Bonchev–Trinajstić information content (AvgIpc) is 2.48. The summed E-state index contributed by atoms with van der Waals surface area (Å²) in [4.78, 5) is 9.15. The molecular weight excluding hydrogens is 339 g/mol. The first-order valence-corrected chi connectivity index (χ1v) is 7.68. The van der Waals surface area contributed by atoms with Gasteiger partial charge in [0.25, 0.3) is 0 Å². The fraction of sp³-hybridized carbons (Fsp3) is 0.176. The van der Waals surface area contributed by atoms with E-state index in [1.807, 2.05) is 37.3 Å². The topological polar surface area (TPSA) is 25.8 Å². The molecule has 0 unspecified atom stereocenters. The second-order valence-corrected chi connectivity index (χ2v) is 5.67. The van der Waals surface area contributed by atoms with Crippen molar-refractivity contribution in [1.29, 1.82) is 0 Å². The maximum atomic E-state index is 6.28. The molecule has 0 aliphatic heterocycles. The van der Waals surface area contributed by atoms with Crippen LogP contribution in [0.4, 0.5) is 0 Å². The zero-order chi connectivity index (χ0) is 14.8. The zero-order valence-corrected chi connectivity index (χ0v) is 14.3. The number of aromatic nitrogens is 2. The molecule has 0 saturated heterocycles. The summed E-state index contributed by atoms with van der Waals surface area (Å²) in [5, 5.41) is 1.70. The van der Waals surface area contributed by atoms with Gasteiger partial charge in [-0.3, -0.25) is 4.98 Å². The number of alkyl halides is 1. The second-order valence-electron chi connectivity index (χ2n) is 4.88. The molecule has 0 saturated carbocycles. The monoisotopic (exact) mass is 352 g/mol. The van der Waals surface area contributed by atoms with Crippen LogP contribution in [0.3, 0.4) is 0 Å². The van der Waals surface area contributed by atoms with Gasteiger partial charge < -0.3 is 0 Å². The predicted molar refractivity (Wildman–Crippen MR) is 96.4 cm³/mol. The Balaban J connectivity index is 0.00000176. The summed E-state index contributed by atoms with van der Waals surface area (Å²) in [7, 11) is 0. The lowest BCUT2D eigenvalue weighted by molar-refractivity contribution is 1.12. The Bertz CT molecular complexity index is 803. The van der Waals surface area contributed by atoms with E-state index < -0.39 is 0 Å². The number of aryl methyl sites for hydroxylation is 2. The first-order valence-electron chi connectivity index (χ1n) is 6.77. The van der Waals surface area contributed by atoms with Gasteiger partial charge in [-0.15, -0.1) is 24.0 Å². The molecule has 5 heteroatoms. The number of hydrogen-bond acceptors (Lipinski definition) is 2. The normalized spacial score (nSPS) is 10.5. The minimum absolute atomic E-state index is 0. The largest absolute Gasteiger partial charge is 0.261 e. The van der Waals surface area contributed by atoms with E-state index in [2.05, 4.69) is 11.1 Å². The summed E-state index contributed by atoms with van der Waals surface area (Å²) in [6.45, 7) is 1.98. The molecular formula is C17H15Cl3N2. The summed E-state index contributed by atoms with van der Waals surface area (Å²) in [6, 6.07) is 11.9. The number of hydrogen-bond donors (Lipinski definition) is 0. The number of rotatable bonds is 3. The fourth-order valence-corrected chi connectivity index (χ4v) is 2.89. The van der Waals surface area contributed by atoms with Crippen LogP contribution in [0.5, 0.6) is 0 Å². The van der Waals surface area contributed by atoms with Gasteiger partial charge in [0.05, 0.1) is 16.2 Å². The zero-order valence-electron chi connectivity index (χ0n) is 12.0. The lowest BCUT2D eigenvalue weighted by atomic mass is 10.0. The van der Waals surface area contributed by atoms with Gasteiger partial charge in [-0.1, -0.05) is 23.7 Å². The van der Waals surface area contributed by atoms with Crippen LogP contribution < -0.4 is 0 Å². The molecule has 2 heterocycles. The van der Waals surface area contributed by atoms with Crippen molar-refractivity contribution in [3.05, 3.63) is 58.9 Å². The van der Waals surface area contributed by atoms with E-state index in [9.17, 15) is 0 Å². The predicted octanol–water partition coefficient (Wildman–Crippen LogP) is 5.46. The van der Waals surface area contributed by atoms with Gasteiger partial charge in [-0.25, -0.2) is 4.98 Å². The Morgan fingerprint density at radius 2 is 1.95 bits per heavy atom. The Labute approximate surface area is 145 Å². The van der Waals surface area contributed by atoms with E-state index in [1.54, 1.807) is 6.20 Å². The van der Waals surface area contributed by atoms with Gasteiger partial charge in [0.1, 0.15) is 0 Å². The van der Waals surface area contributed by atoms with Crippen molar-refractivity contribution in [1.82, 2.24) is 9.97 Å². The van der Waals surface area contributed by atoms with Gasteiger partial charge in [0, 0.05) is 28.7 Å². The van der Waals surface area contributed by atoms with Gasteiger partial charge in [-0.2, -0.15) is 0 Å². The molecule has 3 aromatic rings. The minimum Gasteiger partial charge on any atom is -0.261 e. The quantitative estimate of drug-likeness (QED) is 0.584. The van der Waals surface area contributed by atoms with Crippen molar-refractivity contribution in [2.45, 2.75) is 13.3 Å². The molecule has 0 atom stereocenters. The van der Waals surface area contributed by atoms with E-state index >= 15 is 0 Å². The molecule has 0 amide bonds. The molecule has 1 aromatic carbocycles. The highest BCUT2D eigenvalue weighted by Crippen LogP contribution is 2.30. The maximum absolute atomic E-state index is 6.28. The summed E-state index contributed by atoms with van der Waals surface area (Å²) >= 11 is 12.2. The molecule has 114 valence electrons. The molecule has 0 bridgehead atoms. The van der Waals surface area contributed by atoms with Crippen molar-refractivity contribution in [3.63, 3.8) is 0 Å². The van der Waals surface area contributed by atoms with Crippen LogP contribution >= 0.6 is 35.6 Å². The van der Waals surface area contributed by atoms with E-state index in [4.69, 9.17) is 28.2 Å². The van der Waals surface area contributed by atoms with Crippen molar-refractivity contribution in [3.8, 4) is 11.3 Å². The van der Waals surface area contributed by atoms with E-state index in [-0.39, 0.29) is 12.4 Å². The van der Waals surface area contributed by atoms with E-state index in [0.717, 1.165) is 39.8 Å². The van der Waals surface area contributed by atoms with Crippen molar-refractivity contribution < 1.29 is 0 Å². The number of fused-ring (bicyclic) bond motifs is 1. The second kappa shape index (κ2) is 7.28. The lowest BCUT2D eigenvalue weighted by Gasteiger charge is -2.12. The van der Waals surface area contributed by atoms with Gasteiger partial charge in [-0.05, 0) is 43.2 Å². The Kier molecular flexibility index (Phi) is 5.63. The van der Waals surface area contributed by atoms with E-state index in [1.165, 1.54) is 0 Å². The van der Waals surface area contributed by atoms with Crippen LogP contribution in [0.15, 0.2) is 42.6 Å². The number of halogens is 3. The van der Waals surface area contributed by atoms with Crippen LogP contribution in [0, 0.1) is 6.92 Å². The first kappa shape index (κ1) is 17.0. The molecule has 0 aliphatic carbocycles. The molecule has 0 spiro atoms. The van der Waals surface area contributed by atoms with Crippen molar-refractivity contribution in [2.24, 2.45) is 0 Å². The van der Waals surface area contributed by atoms with Crippen LogP contribution in [-0.2, 0) is 6.42 Å². The van der Waals surface area contributed by atoms with Crippen molar-refractivity contribution in [2.75, 3.05) is 5.88 Å². The van der Waals surface area contributed by atoms with Crippen LogP contribution in [-0.4, -0.2) is 15.8 Å². The number of nitrogens with zero attached hydrogens (tertiary/aromatic N) is 2. The molecule has 2 aromatic heterocycles. The molecule has 0 N–H and O–H groups in total. The minimum atomic E-state index is 0. The number of benzene rings is 1. The Morgan fingerprint density at radius 1 is 1.14 bits per heavy atom. The maximum Gasteiger partial charge on any atom is 0.0895 e. The standard InChI is InChI=1S/C17H14Cl2N2.ClH/c1-11-14(5-3-9-20-11)16-13(7-8-18)10-12-4-2-6-15(19)17(12)21-16;/h2-6,9-10H,7-8H2,1H3;1H. The average molecular weight is 354 g/mol. The van der Waals surface area contributed by atoms with Crippen LogP contribution in [0.25, 0.3) is 22.2 Å². The third kappa shape index (κ3) is 3.19. The SMILES string of the molecule is Cc1ncccc1-c1nc2c(Cl)cccc2cc1CCCl.Cl. The number of para-hydroxylation sites is 1. The fourth-order valence-electron chi connectivity index (χ4n) is 2.47. The molecule has 3 rings (SSSR count). The third-order valence-corrected chi connectivity index (χ3v) is 4.00. The summed E-state index contributed by atoms with van der Waals surface area (Å²) in [5.74, 6) is 0.556. The lowest BCUT2D eigenvalue weighted by Crippen LogP contribution is -1.98. The summed E-state index contributed by atoms with van der Waals surface area (Å²) in [5.41, 5.74) is 4.83. The molecule has 0 radical (unpaired) electrons. The smallest absolute Gasteiger partial charge is 0.0895 e. The third-order valence-electron chi connectivity index (χ3n) is 3.50. The van der Waals surface area contributed by atoms with Crippen LogP contribution in [0.2, 0.25) is 5.02 Å².